The van der Waals surface area contributed by atoms with Gasteiger partial charge in [0.05, 0.1) is 11.6 Å². The maximum atomic E-state index is 13.1. The Balaban J connectivity index is 1.38. The summed E-state index contributed by atoms with van der Waals surface area (Å²) in [5.74, 6) is 0.685. The second-order valence-electron chi connectivity index (χ2n) is 7.83. The van der Waals surface area contributed by atoms with Gasteiger partial charge in [-0.25, -0.2) is 0 Å². The van der Waals surface area contributed by atoms with Crippen molar-refractivity contribution in [2.75, 3.05) is 44.4 Å². The minimum Gasteiger partial charge on any atom is -0.489 e. The number of thioether (sulfide) groups is 1. The number of amides is 1. The number of rotatable bonds is 7. The van der Waals surface area contributed by atoms with E-state index in [-0.39, 0.29) is 5.91 Å². The van der Waals surface area contributed by atoms with Crippen LogP contribution in [0.25, 0.3) is 6.08 Å². The molecule has 2 aliphatic heterocycles. The Hall–Kier alpha value is -2.61. The fourth-order valence-corrected chi connectivity index (χ4v) is 4.98. The van der Waals surface area contributed by atoms with E-state index in [1.54, 1.807) is 11.0 Å². The minimum atomic E-state index is -0.0421. The quantitative estimate of drug-likeness (QED) is 0.339. The van der Waals surface area contributed by atoms with E-state index in [0.29, 0.717) is 22.5 Å². The number of anilines is 1. The van der Waals surface area contributed by atoms with Crippen molar-refractivity contribution in [2.24, 2.45) is 0 Å². The molecule has 166 valence electrons. The molecule has 2 aliphatic rings. The molecule has 4 rings (SSSR count). The Kier molecular flexibility index (Phi) is 7.29. The van der Waals surface area contributed by atoms with Crippen LogP contribution >= 0.6 is 24.0 Å². The summed E-state index contributed by atoms with van der Waals surface area (Å²) in [5.41, 5.74) is 3.38. The van der Waals surface area contributed by atoms with E-state index in [4.69, 9.17) is 17.0 Å². The standard InChI is InChI=1S/C25H27N3O2S2/c1-3-16-30-22-7-5-4-6-20(22)17-23-24(29)28(25(31)32-23)18-26-12-14-27(15-13-26)21-10-8-19(2)9-11-21/h3-11,17H,1,12-16,18H2,2H3/b23-17+. The Morgan fingerprint density at radius 3 is 2.53 bits per heavy atom. The zero-order chi connectivity index (χ0) is 22.5. The van der Waals surface area contributed by atoms with Crippen LogP contribution in [-0.2, 0) is 4.79 Å². The van der Waals surface area contributed by atoms with Gasteiger partial charge in [0.2, 0.25) is 0 Å². The normalized spacial score (nSPS) is 18.5. The third-order valence-corrected chi connectivity index (χ3v) is 6.93. The molecule has 0 radical (unpaired) electrons. The lowest BCUT2D eigenvalue weighted by atomic mass is 10.2. The highest BCUT2D eigenvalue weighted by molar-refractivity contribution is 8.26. The van der Waals surface area contributed by atoms with Crippen molar-refractivity contribution in [3.8, 4) is 5.75 Å². The molecule has 0 atom stereocenters. The second-order valence-corrected chi connectivity index (χ2v) is 9.51. The molecule has 2 aromatic carbocycles. The first-order chi connectivity index (χ1) is 15.5. The third kappa shape index (κ3) is 5.23. The summed E-state index contributed by atoms with van der Waals surface area (Å²) in [7, 11) is 0. The molecule has 2 heterocycles. The number of aryl methyl sites for hydroxylation is 1. The van der Waals surface area contributed by atoms with Crippen molar-refractivity contribution >= 4 is 46.0 Å². The molecule has 0 bridgehead atoms. The van der Waals surface area contributed by atoms with Crippen LogP contribution in [0.5, 0.6) is 5.75 Å². The van der Waals surface area contributed by atoms with Gasteiger partial charge in [0.1, 0.15) is 16.7 Å². The lowest BCUT2D eigenvalue weighted by molar-refractivity contribution is -0.123. The van der Waals surface area contributed by atoms with E-state index < -0.39 is 0 Å². The number of piperazine rings is 1. The smallest absolute Gasteiger partial charge is 0.267 e. The zero-order valence-corrected chi connectivity index (χ0v) is 19.8. The molecular formula is C25H27N3O2S2. The van der Waals surface area contributed by atoms with E-state index in [2.05, 4.69) is 47.6 Å². The van der Waals surface area contributed by atoms with Gasteiger partial charge in [0.25, 0.3) is 5.91 Å². The van der Waals surface area contributed by atoms with Gasteiger partial charge < -0.3 is 9.64 Å². The van der Waals surface area contributed by atoms with Crippen molar-refractivity contribution in [1.82, 2.24) is 9.80 Å². The van der Waals surface area contributed by atoms with E-state index in [9.17, 15) is 4.79 Å². The van der Waals surface area contributed by atoms with Crippen LogP contribution in [0.3, 0.4) is 0 Å². The first kappa shape index (κ1) is 22.6. The third-order valence-electron chi connectivity index (χ3n) is 5.55. The summed E-state index contributed by atoms with van der Waals surface area (Å²) in [6, 6.07) is 16.3. The molecule has 2 saturated heterocycles. The summed E-state index contributed by atoms with van der Waals surface area (Å²) in [6.07, 6.45) is 3.57. The maximum absolute atomic E-state index is 13.1. The Bertz CT molecular complexity index is 1030. The summed E-state index contributed by atoms with van der Waals surface area (Å²) in [5, 5.41) is 0. The van der Waals surface area contributed by atoms with Gasteiger partial charge in [0, 0.05) is 37.4 Å². The number of benzene rings is 2. The molecule has 1 amide bonds. The first-order valence-corrected chi connectivity index (χ1v) is 11.9. The van der Waals surface area contributed by atoms with Crippen molar-refractivity contribution in [2.45, 2.75) is 6.92 Å². The van der Waals surface area contributed by atoms with Gasteiger partial charge in [-0.3, -0.25) is 14.6 Å². The van der Waals surface area contributed by atoms with Gasteiger partial charge in [-0.2, -0.15) is 0 Å². The molecule has 0 aromatic heterocycles. The van der Waals surface area contributed by atoms with E-state index in [0.717, 1.165) is 37.5 Å². The molecular weight excluding hydrogens is 438 g/mol. The van der Waals surface area contributed by atoms with Crippen LogP contribution < -0.4 is 9.64 Å². The number of thiocarbonyl (C=S) groups is 1. The number of hydrogen-bond donors (Lipinski definition) is 0. The zero-order valence-electron chi connectivity index (χ0n) is 18.2. The molecule has 0 spiro atoms. The molecule has 0 saturated carbocycles. The van der Waals surface area contributed by atoms with Crippen molar-refractivity contribution in [3.05, 3.63) is 77.2 Å². The van der Waals surface area contributed by atoms with Crippen LogP contribution in [-0.4, -0.2) is 59.5 Å². The monoisotopic (exact) mass is 465 g/mol. The van der Waals surface area contributed by atoms with Gasteiger partial charge in [-0.15, -0.1) is 0 Å². The molecule has 2 aromatic rings. The Labute approximate surface area is 199 Å². The highest BCUT2D eigenvalue weighted by Gasteiger charge is 2.34. The van der Waals surface area contributed by atoms with Gasteiger partial charge in [-0.1, -0.05) is 72.5 Å². The van der Waals surface area contributed by atoms with Gasteiger partial charge in [-0.05, 0) is 31.2 Å². The predicted molar refractivity (Wildman–Crippen MR) is 137 cm³/mol. The lowest BCUT2D eigenvalue weighted by Crippen LogP contribution is -2.50. The second kappa shape index (κ2) is 10.3. The van der Waals surface area contributed by atoms with Crippen LogP contribution in [0.2, 0.25) is 0 Å². The molecule has 0 aliphatic carbocycles. The number of hydrogen-bond acceptors (Lipinski definition) is 6. The molecule has 5 nitrogen and oxygen atoms in total. The number of ether oxygens (including phenoxy) is 1. The van der Waals surface area contributed by atoms with E-state index in [1.807, 2.05) is 30.3 Å². The average Bonchev–Trinajstić information content (AvgIpc) is 3.07. The average molecular weight is 466 g/mol. The van der Waals surface area contributed by atoms with Crippen molar-refractivity contribution in [3.63, 3.8) is 0 Å². The Morgan fingerprint density at radius 1 is 1.09 bits per heavy atom. The van der Waals surface area contributed by atoms with Gasteiger partial charge in [0.15, 0.2) is 0 Å². The summed E-state index contributed by atoms with van der Waals surface area (Å²) in [6.45, 7) is 10.4. The largest absolute Gasteiger partial charge is 0.489 e. The first-order valence-electron chi connectivity index (χ1n) is 10.7. The predicted octanol–water partition coefficient (Wildman–Crippen LogP) is 4.54. The summed E-state index contributed by atoms with van der Waals surface area (Å²) < 4.78 is 6.32. The summed E-state index contributed by atoms with van der Waals surface area (Å²) in [4.78, 5) is 20.1. The minimum absolute atomic E-state index is 0.0421. The topological polar surface area (TPSA) is 36.0 Å². The van der Waals surface area contributed by atoms with E-state index >= 15 is 0 Å². The maximum Gasteiger partial charge on any atom is 0.267 e. The molecule has 2 fully saturated rings. The lowest BCUT2D eigenvalue weighted by Gasteiger charge is -2.37. The molecule has 7 heteroatoms. The van der Waals surface area contributed by atoms with Crippen LogP contribution in [0, 0.1) is 6.92 Å². The number of carbonyl (C=O) groups excluding carboxylic acids is 1. The van der Waals surface area contributed by atoms with Crippen LogP contribution in [0.15, 0.2) is 66.1 Å². The fourth-order valence-electron chi connectivity index (χ4n) is 3.75. The van der Waals surface area contributed by atoms with Crippen LogP contribution in [0.4, 0.5) is 5.69 Å². The van der Waals surface area contributed by atoms with E-state index in [1.165, 1.54) is 23.0 Å². The van der Waals surface area contributed by atoms with Crippen molar-refractivity contribution < 1.29 is 9.53 Å². The molecule has 32 heavy (non-hydrogen) atoms. The molecule has 0 unspecified atom stereocenters. The SMILES string of the molecule is C=CCOc1ccccc1/C=C1/SC(=S)N(CN2CCN(c3ccc(C)cc3)CC2)C1=O. The van der Waals surface area contributed by atoms with Crippen LogP contribution in [0.1, 0.15) is 11.1 Å². The highest BCUT2D eigenvalue weighted by atomic mass is 32.2. The number of carbonyl (C=O) groups is 1. The van der Waals surface area contributed by atoms with Gasteiger partial charge >= 0.3 is 0 Å². The molecule has 0 N–H and O–H groups in total. The summed E-state index contributed by atoms with van der Waals surface area (Å²) >= 11 is 6.89. The number of para-hydroxylation sites is 1. The number of nitrogens with zero attached hydrogens (tertiary/aromatic N) is 3. The highest BCUT2D eigenvalue weighted by Crippen LogP contribution is 2.34. The Morgan fingerprint density at radius 2 is 1.81 bits per heavy atom. The fraction of sp³-hybridized carbons (Fsp3) is 0.280. The van der Waals surface area contributed by atoms with Crippen molar-refractivity contribution in [1.29, 1.82) is 0 Å².